The lowest BCUT2D eigenvalue weighted by Gasteiger charge is -2.24. The van der Waals surface area contributed by atoms with E-state index in [1.165, 1.54) is 0 Å². The van der Waals surface area contributed by atoms with Gasteiger partial charge in [0.25, 0.3) is 5.91 Å². The number of morpholine rings is 1. The molecule has 0 spiro atoms. The number of hydrogen-bond donors (Lipinski definition) is 2. The molecule has 2 atom stereocenters. The minimum absolute atomic E-state index is 0.0885. The standard InChI is InChI=1S/C16H22N4O2/c1-3-20-13-7-5-4-6-12(13)19-15(20)11(2)18-16(21)14-10-17-8-9-22-14/h4-7,11,14,17H,3,8-10H2,1-2H3,(H,18,21)/t11-,14+/m1/s1. The van der Waals surface area contributed by atoms with Gasteiger partial charge in [0.2, 0.25) is 0 Å². The normalized spacial score (nSPS) is 20.0. The van der Waals surface area contributed by atoms with Gasteiger partial charge in [-0.15, -0.1) is 0 Å². The molecule has 3 rings (SSSR count). The number of rotatable bonds is 4. The smallest absolute Gasteiger partial charge is 0.251 e. The van der Waals surface area contributed by atoms with Crippen LogP contribution in [-0.2, 0) is 16.1 Å². The van der Waals surface area contributed by atoms with E-state index in [-0.39, 0.29) is 11.9 Å². The van der Waals surface area contributed by atoms with E-state index >= 15 is 0 Å². The molecule has 22 heavy (non-hydrogen) atoms. The lowest BCUT2D eigenvalue weighted by atomic mass is 10.2. The van der Waals surface area contributed by atoms with E-state index in [9.17, 15) is 4.79 Å². The summed E-state index contributed by atoms with van der Waals surface area (Å²) >= 11 is 0. The summed E-state index contributed by atoms with van der Waals surface area (Å²) in [6, 6.07) is 7.87. The number of aryl methyl sites for hydroxylation is 1. The van der Waals surface area contributed by atoms with Gasteiger partial charge in [0.15, 0.2) is 0 Å². The summed E-state index contributed by atoms with van der Waals surface area (Å²) in [6.45, 7) is 6.78. The second-order valence-electron chi connectivity index (χ2n) is 5.50. The van der Waals surface area contributed by atoms with Crippen molar-refractivity contribution in [2.75, 3.05) is 19.7 Å². The second-order valence-corrected chi connectivity index (χ2v) is 5.50. The Morgan fingerprint density at radius 1 is 1.55 bits per heavy atom. The van der Waals surface area contributed by atoms with Crippen LogP contribution in [0.25, 0.3) is 11.0 Å². The van der Waals surface area contributed by atoms with Gasteiger partial charge >= 0.3 is 0 Å². The molecule has 1 aliphatic rings. The number of fused-ring (bicyclic) bond motifs is 1. The van der Waals surface area contributed by atoms with Gasteiger partial charge in [-0.3, -0.25) is 4.79 Å². The molecule has 6 nitrogen and oxygen atoms in total. The molecular weight excluding hydrogens is 280 g/mol. The molecule has 2 aromatic rings. The largest absolute Gasteiger partial charge is 0.366 e. The quantitative estimate of drug-likeness (QED) is 0.891. The summed E-state index contributed by atoms with van der Waals surface area (Å²) in [5.41, 5.74) is 2.05. The van der Waals surface area contributed by atoms with Crippen LogP contribution in [0.5, 0.6) is 0 Å². The van der Waals surface area contributed by atoms with Gasteiger partial charge in [-0.25, -0.2) is 4.98 Å². The predicted molar refractivity (Wildman–Crippen MR) is 84.6 cm³/mol. The topological polar surface area (TPSA) is 68.2 Å². The minimum Gasteiger partial charge on any atom is -0.366 e. The Morgan fingerprint density at radius 2 is 2.36 bits per heavy atom. The van der Waals surface area contributed by atoms with E-state index in [1.807, 2.05) is 25.1 Å². The number of carbonyl (C=O) groups is 1. The fourth-order valence-corrected chi connectivity index (χ4v) is 2.86. The first-order chi connectivity index (χ1) is 10.7. The molecule has 118 valence electrons. The van der Waals surface area contributed by atoms with Crippen molar-refractivity contribution in [2.24, 2.45) is 0 Å². The Labute approximate surface area is 129 Å². The van der Waals surface area contributed by atoms with Crippen molar-refractivity contribution in [2.45, 2.75) is 32.5 Å². The Balaban J connectivity index is 1.79. The van der Waals surface area contributed by atoms with Gasteiger partial charge in [-0.05, 0) is 26.0 Å². The van der Waals surface area contributed by atoms with E-state index < -0.39 is 6.10 Å². The van der Waals surface area contributed by atoms with Crippen LogP contribution in [0.3, 0.4) is 0 Å². The lowest BCUT2D eigenvalue weighted by molar-refractivity contribution is -0.134. The Morgan fingerprint density at radius 3 is 3.09 bits per heavy atom. The highest BCUT2D eigenvalue weighted by Gasteiger charge is 2.25. The summed E-state index contributed by atoms with van der Waals surface area (Å²) < 4.78 is 7.63. The molecule has 0 saturated carbocycles. The van der Waals surface area contributed by atoms with Gasteiger partial charge < -0.3 is 19.9 Å². The molecule has 2 heterocycles. The summed E-state index contributed by atoms with van der Waals surface area (Å²) in [7, 11) is 0. The number of para-hydroxylation sites is 2. The van der Waals surface area contributed by atoms with Crippen molar-refractivity contribution in [3.63, 3.8) is 0 Å². The van der Waals surface area contributed by atoms with Crippen LogP contribution >= 0.6 is 0 Å². The molecule has 6 heteroatoms. The first kappa shape index (κ1) is 15.0. The summed E-state index contributed by atoms with van der Waals surface area (Å²) in [5.74, 6) is 0.787. The predicted octanol–water partition coefficient (Wildman–Crippen LogP) is 1.22. The molecule has 0 aliphatic carbocycles. The van der Waals surface area contributed by atoms with E-state index in [0.717, 1.165) is 29.9 Å². The van der Waals surface area contributed by atoms with Crippen LogP contribution in [0, 0.1) is 0 Å². The van der Waals surface area contributed by atoms with Crippen LogP contribution in [0.4, 0.5) is 0 Å². The van der Waals surface area contributed by atoms with Crippen molar-refractivity contribution in [3.8, 4) is 0 Å². The van der Waals surface area contributed by atoms with E-state index in [1.54, 1.807) is 0 Å². The van der Waals surface area contributed by atoms with E-state index in [0.29, 0.717) is 13.2 Å². The molecule has 2 N–H and O–H groups in total. The van der Waals surface area contributed by atoms with Crippen LogP contribution in [0.2, 0.25) is 0 Å². The Kier molecular flexibility index (Phi) is 4.40. The van der Waals surface area contributed by atoms with Crippen molar-refractivity contribution in [3.05, 3.63) is 30.1 Å². The fraction of sp³-hybridized carbons (Fsp3) is 0.500. The number of aromatic nitrogens is 2. The zero-order valence-corrected chi connectivity index (χ0v) is 13.0. The molecule has 1 amide bonds. The monoisotopic (exact) mass is 302 g/mol. The third-order valence-corrected chi connectivity index (χ3v) is 3.97. The highest BCUT2D eigenvalue weighted by molar-refractivity contribution is 5.82. The Hall–Kier alpha value is -1.92. The minimum atomic E-state index is -0.421. The van der Waals surface area contributed by atoms with Gasteiger partial charge in [0.1, 0.15) is 11.9 Å². The van der Waals surface area contributed by atoms with Crippen LogP contribution in [0.15, 0.2) is 24.3 Å². The maximum atomic E-state index is 12.3. The first-order valence-electron chi connectivity index (χ1n) is 7.78. The molecular formula is C16H22N4O2. The number of hydrogen-bond acceptors (Lipinski definition) is 4. The maximum absolute atomic E-state index is 12.3. The number of amides is 1. The molecule has 0 bridgehead atoms. The zero-order valence-electron chi connectivity index (χ0n) is 13.0. The highest BCUT2D eigenvalue weighted by atomic mass is 16.5. The second kappa shape index (κ2) is 6.46. The average Bonchev–Trinajstić information content (AvgIpc) is 2.94. The van der Waals surface area contributed by atoms with E-state index in [4.69, 9.17) is 4.74 Å². The molecule has 1 fully saturated rings. The average molecular weight is 302 g/mol. The Bertz CT molecular complexity index is 661. The van der Waals surface area contributed by atoms with Crippen molar-refractivity contribution < 1.29 is 9.53 Å². The summed E-state index contributed by atoms with van der Waals surface area (Å²) in [4.78, 5) is 17.0. The number of nitrogens with zero attached hydrogens (tertiary/aromatic N) is 2. The van der Waals surface area contributed by atoms with Gasteiger partial charge in [-0.2, -0.15) is 0 Å². The van der Waals surface area contributed by atoms with Crippen LogP contribution in [-0.4, -0.2) is 41.3 Å². The summed E-state index contributed by atoms with van der Waals surface area (Å²) in [5, 5.41) is 6.18. The third-order valence-electron chi connectivity index (χ3n) is 3.97. The fourth-order valence-electron chi connectivity index (χ4n) is 2.86. The highest BCUT2D eigenvalue weighted by Crippen LogP contribution is 2.20. The van der Waals surface area contributed by atoms with Crippen LogP contribution < -0.4 is 10.6 Å². The van der Waals surface area contributed by atoms with Gasteiger partial charge in [0.05, 0.1) is 23.7 Å². The number of nitrogens with one attached hydrogen (secondary N) is 2. The zero-order chi connectivity index (χ0) is 15.5. The van der Waals surface area contributed by atoms with Crippen molar-refractivity contribution in [1.29, 1.82) is 0 Å². The van der Waals surface area contributed by atoms with Crippen molar-refractivity contribution >= 4 is 16.9 Å². The molecule has 1 aromatic heterocycles. The summed E-state index contributed by atoms with van der Waals surface area (Å²) in [6.07, 6.45) is -0.421. The SMILES string of the molecule is CCn1c([C@@H](C)NC(=O)[C@@H]2CNCCO2)nc2ccccc21. The molecule has 0 radical (unpaired) electrons. The van der Waals surface area contributed by atoms with Gasteiger partial charge in [0, 0.05) is 19.6 Å². The lowest BCUT2D eigenvalue weighted by Crippen LogP contribution is -2.48. The number of ether oxygens (including phenoxy) is 1. The maximum Gasteiger partial charge on any atom is 0.251 e. The number of carbonyl (C=O) groups excluding carboxylic acids is 1. The molecule has 1 aromatic carbocycles. The number of benzene rings is 1. The number of imidazole rings is 1. The molecule has 1 aliphatic heterocycles. The molecule has 0 unspecified atom stereocenters. The van der Waals surface area contributed by atoms with Crippen molar-refractivity contribution in [1.82, 2.24) is 20.2 Å². The van der Waals surface area contributed by atoms with Gasteiger partial charge in [-0.1, -0.05) is 12.1 Å². The van der Waals surface area contributed by atoms with E-state index in [2.05, 4.69) is 33.2 Å². The van der Waals surface area contributed by atoms with Crippen LogP contribution in [0.1, 0.15) is 25.7 Å². The third kappa shape index (κ3) is 2.84. The first-order valence-corrected chi connectivity index (χ1v) is 7.78. The molecule has 1 saturated heterocycles.